The summed E-state index contributed by atoms with van der Waals surface area (Å²) in [6, 6.07) is 13.4. The Kier molecular flexibility index (Phi) is 7.98. The topological polar surface area (TPSA) is 82.1 Å². The quantitative estimate of drug-likeness (QED) is 0.278. The summed E-state index contributed by atoms with van der Waals surface area (Å²) in [4.78, 5) is 20.5. The van der Waals surface area contributed by atoms with Crippen LogP contribution < -0.4 is 15.2 Å². The number of rotatable bonds is 10. The number of primary amides is 1. The zero-order chi connectivity index (χ0) is 25.8. The third kappa shape index (κ3) is 6.09. The average Bonchev–Trinajstić information content (AvgIpc) is 3.48. The number of carbonyl (C=O) groups excluding carboxylic acids is 1. The summed E-state index contributed by atoms with van der Waals surface area (Å²) in [7, 11) is 0. The standard InChI is InChI=1S/C28H31ClN4O3S/c1-19(21-7-3-4-8-22(21)29)36-24-15-25(37-26(24)16-27(30)34)23-17-31-28-10-9-20(18-33(23)28)35-14-13-32-11-5-2-6-12-32/h3-4,7-10,15,17-19H,2,5-6,11-14,16H2,1H3,(H2,30,34). The van der Waals surface area contributed by atoms with Gasteiger partial charge in [-0.1, -0.05) is 36.2 Å². The molecule has 1 aliphatic rings. The van der Waals surface area contributed by atoms with Gasteiger partial charge in [0.1, 0.15) is 29.9 Å². The van der Waals surface area contributed by atoms with Crippen molar-refractivity contribution in [2.45, 2.75) is 38.7 Å². The lowest BCUT2D eigenvalue weighted by atomic mass is 10.1. The second-order valence-electron chi connectivity index (χ2n) is 9.31. The van der Waals surface area contributed by atoms with E-state index in [1.807, 2.05) is 66.2 Å². The highest BCUT2D eigenvalue weighted by Crippen LogP contribution is 2.39. The van der Waals surface area contributed by atoms with Crippen molar-refractivity contribution in [3.63, 3.8) is 0 Å². The van der Waals surface area contributed by atoms with Gasteiger partial charge in [-0.3, -0.25) is 14.1 Å². The van der Waals surface area contributed by atoms with Crippen molar-refractivity contribution in [1.82, 2.24) is 14.3 Å². The second kappa shape index (κ2) is 11.5. The number of pyridine rings is 1. The van der Waals surface area contributed by atoms with Crippen molar-refractivity contribution in [2.75, 3.05) is 26.2 Å². The summed E-state index contributed by atoms with van der Waals surface area (Å²) >= 11 is 7.86. The Morgan fingerprint density at radius 1 is 1.19 bits per heavy atom. The lowest BCUT2D eigenvalue weighted by Crippen LogP contribution is -2.33. The molecule has 1 fully saturated rings. The van der Waals surface area contributed by atoms with Gasteiger partial charge in [0.25, 0.3) is 0 Å². The molecule has 0 radical (unpaired) electrons. The number of thiophene rings is 1. The highest BCUT2D eigenvalue weighted by molar-refractivity contribution is 7.15. The van der Waals surface area contributed by atoms with Crippen LogP contribution >= 0.6 is 22.9 Å². The lowest BCUT2D eigenvalue weighted by Gasteiger charge is -2.26. The molecule has 1 amide bonds. The average molecular weight is 539 g/mol. The van der Waals surface area contributed by atoms with E-state index in [4.69, 9.17) is 26.8 Å². The van der Waals surface area contributed by atoms with E-state index in [1.165, 1.54) is 30.6 Å². The van der Waals surface area contributed by atoms with Gasteiger partial charge in [-0.15, -0.1) is 11.3 Å². The SMILES string of the molecule is CC(Oc1cc(-c2cnc3ccc(OCCN4CCCCC4)cn23)sc1CC(N)=O)c1ccccc1Cl. The van der Waals surface area contributed by atoms with Crippen LogP contribution in [-0.2, 0) is 11.2 Å². The van der Waals surface area contributed by atoms with Gasteiger partial charge >= 0.3 is 0 Å². The second-order valence-corrected chi connectivity index (χ2v) is 10.9. The molecular formula is C28H31ClN4O3S. The predicted molar refractivity (Wildman–Crippen MR) is 148 cm³/mol. The number of nitrogens with two attached hydrogens (primary N) is 1. The van der Waals surface area contributed by atoms with E-state index in [0.29, 0.717) is 17.4 Å². The Balaban J connectivity index is 1.38. The Labute approximate surface area is 225 Å². The van der Waals surface area contributed by atoms with E-state index in [9.17, 15) is 4.79 Å². The molecule has 0 spiro atoms. The van der Waals surface area contributed by atoms with Gasteiger partial charge in [-0.2, -0.15) is 0 Å². The van der Waals surface area contributed by atoms with Crippen molar-refractivity contribution in [3.05, 3.63) is 70.3 Å². The molecule has 194 valence electrons. The van der Waals surface area contributed by atoms with Crippen molar-refractivity contribution < 1.29 is 14.3 Å². The Bertz CT molecular complexity index is 1380. The minimum absolute atomic E-state index is 0.0941. The molecule has 1 aromatic carbocycles. The summed E-state index contributed by atoms with van der Waals surface area (Å²) in [6.45, 7) is 5.82. The number of hydrogen-bond donors (Lipinski definition) is 1. The summed E-state index contributed by atoms with van der Waals surface area (Å²) in [5.74, 6) is 1.00. The Hall–Kier alpha value is -3.07. The molecule has 0 bridgehead atoms. The summed E-state index contributed by atoms with van der Waals surface area (Å²) in [5, 5.41) is 0.636. The monoisotopic (exact) mass is 538 g/mol. The van der Waals surface area contributed by atoms with Crippen molar-refractivity contribution in [1.29, 1.82) is 0 Å². The summed E-state index contributed by atoms with van der Waals surface area (Å²) < 4.78 is 14.4. The van der Waals surface area contributed by atoms with Gasteiger partial charge in [-0.05, 0) is 51.1 Å². The zero-order valence-corrected chi connectivity index (χ0v) is 22.4. The maximum atomic E-state index is 11.8. The fourth-order valence-corrected chi connectivity index (χ4v) is 6.08. The minimum atomic E-state index is -0.411. The number of ether oxygens (including phenoxy) is 2. The zero-order valence-electron chi connectivity index (χ0n) is 20.9. The van der Waals surface area contributed by atoms with Crippen LogP contribution in [0.2, 0.25) is 5.02 Å². The van der Waals surface area contributed by atoms with Crippen LogP contribution in [0.5, 0.6) is 11.5 Å². The number of hydrogen-bond acceptors (Lipinski definition) is 6. The highest BCUT2D eigenvalue weighted by atomic mass is 35.5. The molecule has 4 aromatic rings. The molecule has 37 heavy (non-hydrogen) atoms. The maximum absolute atomic E-state index is 11.8. The van der Waals surface area contributed by atoms with Gasteiger partial charge in [0.15, 0.2) is 0 Å². The predicted octanol–water partition coefficient (Wildman–Crippen LogP) is 5.75. The third-order valence-electron chi connectivity index (χ3n) is 6.61. The molecule has 4 heterocycles. The minimum Gasteiger partial charge on any atom is -0.491 e. The molecule has 1 saturated heterocycles. The van der Waals surface area contributed by atoms with E-state index in [1.54, 1.807) is 0 Å². The number of amides is 1. The number of halogens is 1. The number of carbonyl (C=O) groups is 1. The van der Waals surface area contributed by atoms with Crippen molar-refractivity contribution >= 4 is 34.5 Å². The number of benzene rings is 1. The first-order valence-electron chi connectivity index (χ1n) is 12.6. The molecule has 7 nitrogen and oxygen atoms in total. The number of fused-ring (bicyclic) bond motifs is 1. The number of piperidine rings is 1. The van der Waals surface area contributed by atoms with Gasteiger partial charge in [0, 0.05) is 23.2 Å². The first kappa shape index (κ1) is 25.6. The first-order chi connectivity index (χ1) is 18.0. The van der Waals surface area contributed by atoms with Crippen LogP contribution in [0.3, 0.4) is 0 Å². The smallest absolute Gasteiger partial charge is 0.222 e. The van der Waals surface area contributed by atoms with Gasteiger partial charge in [-0.25, -0.2) is 4.98 Å². The van der Waals surface area contributed by atoms with Gasteiger partial charge in [0.2, 0.25) is 5.91 Å². The van der Waals surface area contributed by atoms with Crippen LogP contribution in [0.4, 0.5) is 0 Å². The molecule has 5 rings (SSSR count). The van der Waals surface area contributed by atoms with Crippen LogP contribution in [0.1, 0.15) is 42.7 Å². The molecule has 9 heteroatoms. The maximum Gasteiger partial charge on any atom is 0.222 e. The molecule has 0 aliphatic carbocycles. The van der Waals surface area contributed by atoms with Crippen LogP contribution in [0.15, 0.2) is 54.9 Å². The normalized spacial score (nSPS) is 15.1. The molecular weight excluding hydrogens is 508 g/mol. The Morgan fingerprint density at radius 2 is 2.00 bits per heavy atom. The number of imidazole rings is 1. The summed E-state index contributed by atoms with van der Waals surface area (Å²) in [6.07, 6.45) is 7.45. The van der Waals surface area contributed by atoms with Crippen molar-refractivity contribution in [2.24, 2.45) is 5.73 Å². The number of likely N-dealkylation sites (tertiary alicyclic amines) is 1. The lowest BCUT2D eigenvalue weighted by molar-refractivity contribution is -0.117. The van der Waals surface area contributed by atoms with Crippen molar-refractivity contribution in [3.8, 4) is 22.1 Å². The third-order valence-corrected chi connectivity index (χ3v) is 8.09. The van der Waals surface area contributed by atoms with Gasteiger partial charge < -0.3 is 15.2 Å². The highest BCUT2D eigenvalue weighted by Gasteiger charge is 2.20. The molecule has 0 saturated carbocycles. The Morgan fingerprint density at radius 3 is 2.78 bits per heavy atom. The van der Waals surface area contributed by atoms with E-state index in [0.717, 1.165) is 52.0 Å². The van der Waals surface area contributed by atoms with Crippen LogP contribution in [-0.4, -0.2) is 46.4 Å². The largest absolute Gasteiger partial charge is 0.491 e. The molecule has 1 aliphatic heterocycles. The molecule has 3 aromatic heterocycles. The first-order valence-corrected chi connectivity index (χ1v) is 13.8. The summed E-state index contributed by atoms with van der Waals surface area (Å²) in [5.41, 5.74) is 8.14. The number of aromatic nitrogens is 2. The fourth-order valence-electron chi connectivity index (χ4n) is 4.68. The van der Waals surface area contributed by atoms with E-state index >= 15 is 0 Å². The molecule has 2 N–H and O–H groups in total. The van der Waals surface area contributed by atoms with E-state index in [2.05, 4.69) is 9.88 Å². The van der Waals surface area contributed by atoms with Gasteiger partial charge in [0.05, 0.1) is 34.3 Å². The van der Waals surface area contributed by atoms with Crippen LogP contribution in [0, 0.1) is 0 Å². The number of nitrogens with zero attached hydrogens (tertiary/aromatic N) is 3. The fraction of sp³-hybridized carbons (Fsp3) is 0.357. The van der Waals surface area contributed by atoms with Crippen LogP contribution in [0.25, 0.3) is 16.2 Å². The van der Waals surface area contributed by atoms with E-state index in [-0.39, 0.29) is 12.5 Å². The molecule has 1 unspecified atom stereocenters. The molecule has 1 atom stereocenters. The van der Waals surface area contributed by atoms with E-state index < -0.39 is 5.91 Å².